The molecule has 0 atom stereocenters. The van der Waals surface area contributed by atoms with Gasteiger partial charge >= 0.3 is 6.18 Å². The fourth-order valence-corrected chi connectivity index (χ4v) is 4.41. The van der Waals surface area contributed by atoms with Gasteiger partial charge in [-0.3, -0.25) is 19.7 Å². The van der Waals surface area contributed by atoms with Crippen molar-refractivity contribution in [2.75, 3.05) is 44.2 Å². The zero-order valence-electron chi connectivity index (χ0n) is 18.3. The van der Waals surface area contributed by atoms with Crippen LogP contribution < -0.4 is 4.90 Å². The molecule has 34 heavy (non-hydrogen) atoms. The van der Waals surface area contributed by atoms with Gasteiger partial charge in [-0.1, -0.05) is 12.1 Å². The molecule has 0 unspecified atom stereocenters. The number of piperazine rings is 1. The zero-order valence-corrected chi connectivity index (χ0v) is 18.3. The predicted octanol–water partition coefficient (Wildman–Crippen LogP) is 3.81. The molecule has 2 amide bonds. The first-order valence-corrected chi connectivity index (χ1v) is 10.9. The van der Waals surface area contributed by atoms with Crippen molar-refractivity contribution in [3.8, 4) is 0 Å². The summed E-state index contributed by atoms with van der Waals surface area (Å²) in [5.41, 5.74) is -0.761. The van der Waals surface area contributed by atoms with Crippen LogP contribution in [0.3, 0.4) is 0 Å². The molecule has 0 spiro atoms. The van der Waals surface area contributed by atoms with Gasteiger partial charge in [-0.2, -0.15) is 13.2 Å². The number of hydrogen-bond acceptors (Lipinski definition) is 5. The van der Waals surface area contributed by atoms with Crippen molar-refractivity contribution in [2.45, 2.75) is 19.0 Å². The second-order valence-electron chi connectivity index (χ2n) is 8.28. The number of benzene rings is 2. The first-order chi connectivity index (χ1) is 16.2. The summed E-state index contributed by atoms with van der Waals surface area (Å²) in [4.78, 5) is 41.6. The van der Waals surface area contributed by atoms with Crippen molar-refractivity contribution in [3.63, 3.8) is 0 Å². The van der Waals surface area contributed by atoms with Gasteiger partial charge in [-0.25, -0.2) is 0 Å². The first kappa shape index (κ1) is 23.5. The molecule has 2 aromatic carbocycles. The van der Waals surface area contributed by atoms with Crippen molar-refractivity contribution in [2.24, 2.45) is 0 Å². The SMILES string of the molecule is O=C(c1cc([N+](=O)[O-])ccc1N1CCCC1)N1CCN(C(=O)c2ccccc2C(F)(F)F)CC1. The molecule has 2 heterocycles. The van der Waals surface area contributed by atoms with E-state index in [1.807, 2.05) is 4.90 Å². The van der Waals surface area contributed by atoms with Gasteiger partial charge in [0, 0.05) is 51.4 Å². The third-order valence-electron chi connectivity index (χ3n) is 6.19. The molecular formula is C23H23F3N4O4. The molecule has 0 aromatic heterocycles. The minimum atomic E-state index is -4.65. The third-order valence-corrected chi connectivity index (χ3v) is 6.19. The van der Waals surface area contributed by atoms with E-state index in [2.05, 4.69) is 0 Å². The van der Waals surface area contributed by atoms with Gasteiger partial charge in [0.2, 0.25) is 0 Å². The first-order valence-electron chi connectivity index (χ1n) is 10.9. The number of nitrogens with zero attached hydrogens (tertiary/aromatic N) is 4. The number of carbonyl (C=O) groups is 2. The minimum Gasteiger partial charge on any atom is -0.371 e. The molecule has 2 fully saturated rings. The number of amides is 2. The number of hydrogen-bond donors (Lipinski definition) is 0. The molecule has 0 aliphatic carbocycles. The van der Waals surface area contributed by atoms with Crippen LogP contribution in [0.2, 0.25) is 0 Å². The normalized spacial score (nSPS) is 16.6. The van der Waals surface area contributed by atoms with Gasteiger partial charge in [0.25, 0.3) is 17.5 Å². The number of rotatable bonds is 4. The standard InChI is InChI=1S/C23H23F3N4O4/c24-23(25,26)19-6-2-1-5-17(19)21(31)28-11-13-29(14-12-28)22(32)18-15-16(30(33)34)7-8-20(18)27-9-3-4-10-27/h1-2,5-8,15H,3-4,9-14H2. The highest BCUT2D eigenvalue weighted by atomic mass is 19.4. The summed E-state index contributed by atoms with van der Waals surface area (Å²) in [5.74, 6) is -1.14. The van der Waals surface area contributed by atoms with Crippen LogP contribution in [0.1, 0.15) is 39.1 Å². The van der Waals surface area contributed by atoms with E-state index in [0.29, 0.717) is 5.69 Å². The molecule has 2 aromatic rings. The molecule has 2 aliphatic rings. The fourth-order valence-electron chi connectivity index (χ4n) is 4.41. The van der Waals surface area contributed by atoms with E-state index in [-0.39, 0.29) is 37.4 Å². The maximum absolute atomic E-state index is 13.3. The van der Waals surface area contributed by atoms with Gasteiger partial charge in [-0.15, -0.1) is 0 Å². The zero-order chi connectivity index (χ0) is 24.5. The monoisotopic (exact) mass is 476 g/mol. The van der Waals surface area contributed by atoms with Gasteiger partial charge in [0.15, 0.2) is 0 Å². The van der Waals surface area contributed by atoms with Gasteiger partial charge in [0.1, 0.15) is 0 Å². The molecule has 180 valence electrons. The van der Waals surface area contributed by atoms with Crippen LogP contribution >= 0.6 is 0 Å². The molecular weight excluding hydrogens is 453 g/mol. The number of alkyl halides is 3. The van der Waals surface area contributed by atoms with Crippen LogP contribution in [0.5, 0.6) is 0 Å². The summed E-state index contributed by atoms with van der Waals surface area (Å²) in [7, 11) is 0. The second kappa shape index (κ2) is 9.32. The largest absolute Gasteiger partial charge is 0.417 e. The fraction of sp³-hybridized carbons (Fsp3) is 0.391. The molecule has 0 saturated carbocycles. The Bertz CT molecular complexity index is 1110. The predicted molar refractivity (Wildman–Crippen MR) is 118 cm³/mol. The van der Waals surface area contributed by atoms with E-state index >= 15 is 0 Å². The van der Waals surface area contributed by atoms with Crippen molar-refractivity contribution in [3.05, 3.63) is 69.3 Å². The van der Waals surface area contributed by atoms with Gasteiger partial charge in [0.05, 0.1) is 27.3 Å². The Kier molecular flexibility index (Phi) is 6.45. The van der Waals surface area contributed by atoms with Crippen LogP contribution in [-0.4, -0.2) is 65.8 Å². The average Bonchev–Trinajstić information content (AvgIpc) is 3.37. The lowest BCUT2D eigenvalue weighted by Crippen LogP contribution is -2.51. The number of halogens is 3. The summed E-state index contributed by atoms with van der Waals surface area (Å²) >= 11 is 0. The molecule has 2 saturated heterocycles. The van der Waals surface area contributed by atoms with Crippen LogP contribution in [-0.2, 0) is 6.18 Å². The van der Waals surface area contributed by atoms with E-state index in [0.717, 1.165) is 38.1 Å². The van der Waals surface area contributed by atoms with Crippen molar-refractivity contribution < 1.29 is 27.7 Å². The highest BCUT2D eigenvalue weighted by Crippen LogP contribution is 2.33. The van der Waals surface area contributed by atoms with Crippen molar-refractivity contribution in [1.82, 2.24) is 9.80 Å². The minimum absolute atomic E-state index is 0.0603. The average molecular weight is 476 g/mol. The maximum Gasteiger partial charge on any atom is 0.417 e. The molecule has 0 N–H and O–H groups in total. The lowest BCUT2D eigenvalue weighted by Gasteiger charge is -2.35. The lowest BCUT2D eigenvalue weighted by molar-refractivity contribution is -0.384. The van der Waals surface area contributed by atoms with Crippen LogP contribution in [0, 0.1) is 10.1 Å². The highest BCUT2D eigenvalue weighted by molar-refractivity contribution is 6.01. The summed E-state index contributed by atoms with van der Waals surface area (Å²) < 4.78 is 39.9. The number of non-ortho nitro benzene ring substituents is 1. The Balaban J connectivity index is 1.51. The van der Waals surface area contributed by atoms with Crippen molar-refractivity contribution in [1.29, 1.82) is 0 Å². The third kappa shape index (κ3) is 4.68. The van der Waals surface area contributed by atoms with Crippen molar-refractivity contribution >= 4 is 23.2 Å². The highest BCUT2D eigenvalue weighted by Gasteiger charge is 2.37. The summed E-state index contributed by atoms with van der Waals surface area (Å²) in [5, 5.41) is 11.3. The quantitative estimate of drug-likeness (QED) is 0.495. The molecule has 4 rings (SSSR count). The number of carbonyl (C=O) groups excluding carboxylic acids is 2. The van der Waals surface area contributed by atoms with Crippen LogP contribution in [0.4, 0.5) is 24.5 Å². The summed E-state index contributed by atoms with van der Waals surface area (Å²) in [6, 6.07) is 8.86. The Morgan fingerprint density at radius 2 is 1.38 bits per heavy atom. The molecule has 2 aliphatic heterocycles. The van der Waals surface area contributed by atoms with Crippen LogP contribution in [0.15, 0.2) is 42.5 Å². The number of anilines is 1. The van der Waals surface area contributed by atoms with Gasteiger partial charge in [-0.05, 0) is 31.0 Å². The molecule has 0 bridgehead atoms. The summed E-state index contributed by atoms with van der Waals surface area (Å²) in [6.45, 7) is 1.84. The topological polar surface area (TPSA) is 87.0 Å². The van der Waals surface area contributed by atoms with E-state index in [4.69, 9.17) is 0 Å². The van der Waals surface area contributed by atoms with Crippen LogP contribution in [0.25, 0.3) is 0 Å². The van der Waals surface area contributed by atoms with E-state index < -0.39 is 34.0 Å². The summed E-state index contributed by atoms with van der Waals surface area (Å²) in [6.07, 6.45) is -2.73. The van der Waals surface area contributed by atoms with E-state index in [1.54, 1.807) is 6.07 Å². The Labute approximate surface area is 193 Å². The maximum atomic E-state index is 13.3. The second-order valence-corrected chi connectivity index (χ2v) is 8.28. The number of nitro benzene ring substituents is 1. The Hall–Kier alpha value is -3.63. The Morgan fingerprint density at radius 1 is 0.824 bits per heavy atom. The molecule has 0 radical (unpaired) electrons. The van der Waals surface area contributed by atoms with E-state index in [1.165, 1.54) is 34.1 Å². The molecule has 11 heteroatoms. The van der Waals surface area contributed by atoms with Gasteiger partial charge < -0.3 is 14.7 Å². The lowest BCUT2D eigenvalue weighted by atomic mass is 10.0. The number of nitro groups is 1. The molecule has 8 nitrogen and oxygen atoms in total. The smallest absolute Gasteiger partial charge is 0.371 e. The van der Waals surface area contributed by atoms with E-state index in [9.17, 15) is 32.9 Å². The Morgan fingerprint density at radius 3 is 1.94 bits per heavy atom.